The van der Waals surface area contributed by atoms with Crippen LogP contribution >= 0.6 is 31.9 Å². The molecule has 0 saturated carbocycles. The number of hydrogen-bond acceptors (Lipinski definition) is 1. The molecule has 0 fully saturated rings. The van der Waals surface area contributed by atoms with Crippen molar-refractivity contribution in [1.29, 1.82) is 0 Å². The molecule has 2 nitrogen and oxygen atoms in total. The Hall–Kier alpha value is -1.78. The van der Waals surface area contributed by atoms with Crippen molar-refractivity contribution in [3.8, 4) is 5.69 Å². The van der Waals surface area contributed by atoms with Crippen molar-refractivity contribution in [2.75, 3.05) is 5.73 Å². The van der Waals surface area contributed by atoms with Crippen LogP contribution in [0.3, 0.4) is 0 Å². The zero-order valence-electron chi connectivity index (χ0n) is 11.6. The third kappa shape index (κ3) is 2.14. The minimum absolute atomic E-state index is 0.762. The van der Waals surface area contributed by atoms with Crippen molar-refractivity contribution in [3.63, 3.8) is 0 Å². The highest BCUT2D eigenvalue weighted by atomic mass is 79.9. The third-order valence-corrected chi connectivity index (χ3v) is 4.81. The van der Waals surface area contributed by atoms with Crippen molar-refractivity contribution in [3.05, 3.63) is 69.6 Å². The summed E-state index contributed by atoms with van der Waals surface area (Å²) in [4.78, 5) is 0. The van der Waals surface area contributed by atoms with E-state index in [1.54, 1.807) is 0 Å². The number of aromatic nitrogens is 1. The van der Waals surface area contributed by atoms with Crippen LogP contribution in [0.5, 0.6) is 0 Å². The Bertz CT molecular complexity index is 959. The van der Waals surface area contributed by atoms with Crippen LogP contribution in [0.2, 0.25) is 0 Å². The van der Waals surface area contributed by atoms with Gasteiger partial charge in [0.25, 0.3) is 0 Å². The van der Waals surface area contributed by atoms with E-state index in [2.05, 4.69) is 78.9 Å². The third-order valence-electron chi connectivity index (χ3n) is 3.82. The SMILES string of the molecule is Nc1cccc(-n2c3cc(Br)ccc3c3ccc(Br)cc32)c1. The fourth-order valence-corrected chi connectivity index (χ4v) is 3.60. The summed E-state index contributed by atoms with van der Waals surface area (Å²) in [5.41, 5.74) is 10.1. The molecule has 1 aromatic heterocycles. The first-order valence-electron chi connectivity index (χ1n) is 6.88. The zero-order chi connectivity index (χ0) is 15.3. The second kappa shape index (κ2) is 5.14. The van der Waals surface area contributed by atoms with Crippen LogP contribution in [0.25, 0.3) is 27.5 Å². The first-order chi connectivity index (χ1) is 10.6. The lowest BCUT2D eigenvalue weighted by atomic mass is 10.2. The molecule has 0 aliphatic rings. The summed E-state index contributed by atoms with van der Waals surface area (Å²) in [7, 11) is 0. The van der Waals surface area contributed by atoms with Crippen LogP contribution in [0.1, 0.15) is 0 Å². The average Bonchev–Trinajstić information content (AvgIpc) is 2.79. The van der Waals surface area contributed by atoms with E-state index in [0.29, 0.717) is 0 Å². The van der Waals surface area contributed by atoms with Gasteiger partial charge in [-0.05, 0) is 42.5 Å². The fraction of sp³-hybridized carbons (Fsp3) is 0. The van der Waals surface area contributed by atoms with Crippen LogP contribution in [-0.4, -0.2) is 4.57 Å². The van der Waals surface area contributed by atoms with Crippen molar-refractivity contribution >= 4 is 59.4 Å². The molecule has 4 rings (SSSR count). The van der Waals surface area contributed by atoms with E-state index >= 15 is 0 Å². The number of anilines is 1. The summed E-state index contributed by atoms with van der Waals surface area (Å²) in [6.07, 6.45) is 0. The van der Waals surface area contributed by atoms with Gasteiger partial charge in [0.2, 0.25) is 0 Å². The number of fused-ring (bicyclic) bond motifs is 3. The molecular weight excluding hydrogens is 404 g/mol. The first-order valence-corrected chi connectivity index (χ1v) is 8.47. The molecule has 0 aliphatic carbocycles. The molecule has 3 aromatic carbocycles. The van der Waals surface area contributed by atoms with Gasteiger partial charge in [-0.15, -0.1) is 0 Å². The van der Waals surface area contributed by atoms with Gasteiger partial charge in [0, 0.05) is 31.1 Å². The van der Waals surface area contributed by atoms with Gasteiger partial charge >= 0.3 is 0 Å². The molecule has 22 heavy (non-hydrogen) atoms. The molecule has 0 aliphatic heterocycles. The Labute approximate surface area is 144 Å². The smallest absolute Gasteiger partial charge is 0.0552 e. The second-order valence-electron chi connectivity index (χ2n) is 5.25. The first kappa shape index (κ1) is 13.9. The summed E-state index contributed by atoms with van der Waals surface area (Å²) < 4.78 is 4.37. The van der Waals surface area contributed by atoms with Gasteiger partial charge in [-0.3, -0.25) is 0 Å². The number of benzene rings is 3. The topological polar surface area (TPSA) is 30.9 Å². The molecule has 0 unspecified atom stereocenters. The predicted octanol–water partition coefficient (Wildman–Crippen LogP) is 5.89. The lowest BCUT2D eigenvalue weighted by Crippen LogP contribution is -1.95. The summed E-state index contributed by atoms with van der Waals surface area (Å²) in [5, 5.41) is 2.46. The number of rotatable bonds is 1. The largest absolute Gasteiger partial charge is 0.399 e. The van der Waals surface area contributed by atoms with Crippen molar-refractivity contribution < 1.29 is 0 Å². The molecule has 2 N–H and O–H groups in total. The average molecular weight is 416 g/mol. The maximum absolute atomic E-state index is 5.98. The van der Waals surface area contributed by atoms with Gasteiger partial charge in [0.15, 0.2) is 0 Å². The Balaban J connectivity index is 2.22. The van der Waals surface area contributed by atoms with Crippen LogP contribution in [0.15, 0.2) is 69.6 Å². The monoisotopic (exact) mass is 414 g/mol. The van der Waals surface area contributed by atoms with E-state index in [1.165, 1.54) is 10.8 Å². The summed E-state index contributed by atoms with van der Waals surface area (Å²) in [6.45, 7) is 0. The van der Waals surface area contributed by atoms with E-state index in [0.717, 1.165) is 31.4 Å². The Kier molecular flexibility index (Phi) is 3.24. The van der Waals surface area contributed by atoms with Crippen LogP contribution in [0.4, 0.5) is 5.69 Å². The highest BCUT2D eigenvalue weighted by Gasteiger charge is 2.13. The number of nitrogen functional groups attached to an aromatic ring is 1. The summed E-state index contributed by atoms with van der Waals surface area (Å²) in [6, 6.07) is 20.7. The van der Waals surface area contributed by atoms with E-state index < -0.39 is 0 Å². The van der Waals surface area contributed by atoms with Gasteiger partial charge in [0.1, 0.15) is 0 Å². The fourth-order valence-electron chi connectivity index (χ4n) is 2.91. The van der Waals surface area contributed by atoms with E-state index in [-0.39, 0.29) is 0 Å². The molecule has 0 atom stereocenters. The molecule has 0 spiro atoms. The quantitative estimate of drug-likeness (QED) is 0.386. The van der Waals surface area contributed by atoms with Crippen molar-refractivity contribution in [1.82, 2.24) is 4.57 Å². The van der Waals surface area contributed by atoms with E-state index in [4.69, 9.17) is 5.73 Å². The van der Waals surface area contributed by atoms with Crippen molar-refractivity contribution in [2.45, 2.75) is 0 Å². The molecular formula is C18H12Br2N2. The van der Waals surface area contributed by atoms with Gasteiger partial charge in [-0.25, -0.2) is 0 Å². The van der Waals surface area contributed by atoms with Crippen molar-refractivity contribution in [2.24, 2.45) is 0 Å². The van der Waals surface area contributed by atoms with Gasteiger partial charge < -0.3 is 10.3 Å². The van der Waals surface area contributed by atoms with Gasteiger partial charge in [-0.1, -0.05) is 50.1 Å². The lowest BCUT2D eigenvalue weighted by molar-refractivity contribution is 1.18. The second-order valence-corrected chi connectivity index (χ2v) is 7.08. The lowest BCUT2D eigenvalue weighted by Gasteiger charge is -2.09. The van der Waals surface area contributed by atoms with E-state index in [1.807, 2.05) is 18.2 Å². The molecule has 108 valence electrons. The van der Waals surface area contributed by atoms with Gasteiger partial charge in [0.05, 0.1) is 11.0 Å². The Morgan fingerprint density at radius 2 is 1.32 bits per heavy atom. The van der Waals surface area contributed by atoms with Crippen LogP contribution < -0.4 is 5.73 Å². The highest BCUT2D eigenvalue weighted by molar-refractivity contribution is 9.10. The normalized spacial score (nSPS) is 11.4. The Morgan fingerprint density at radius 1 is 0.727 bits per heavy atom. The van der Waals surface area contributed by atoms with Gasteiger partial charge in [-0.2, -0.15) is 0 Å². The highest BCUT2D eigenvalue weighted by Crippen LogP contribution is 2.35. The molecule has 0 radical (unpaired) electrons. The molecule has 1 heterocycles. The number of nitrogens with zero attached hydrogens (tertiary/aromatic N) is 1. The molecule has 0 bridgehead atoms. The number of hydrogen-bond donors (Lipinski definition) is 1. The number of halogens is 2. The molecule has 4 heteroatoms. The summed E-state index contributed by atoms with van der Waals surface area (Å²) >= 11 is 7.16. The predicted molar refractivity (Wildman–Crippen MR) is 101 cm³/mol. The van der Waals surface area contributed by atoms with E-state index in [9.17, 15) is 0 Å². The molecule has 0 saturated heterocycles. The number of nitrogens with two attached hydrogens (primary N) is 1. The molecule has 0 amide bonds. The Morgan fingerprint density at radius 3 is 1.86 bits per heavy atom. The standard InChI is InChI=1S/C18H12Br2N2/c19-11-4-6-15-16-7-5-12(20)9-18(16)22(17(15)8-11)14-3-1-2-13(21)10-14/h1-10H,21H2. The maximum atomic E-state index is 5.98. The van der Waals surface area contributed by atoms with Crippen LogP contribution in [0, 0.1) is 0 Å². The minimum atomic E-state index is 0.762. The maximum Gasteiger partial charge on any atom is 0.0552 e. The minimum Gasteiger partial charge on any atom is -0.399 e. The van der Waals surface area contributed by atoms with Crippen LogP contribution in [-0.2, 0) is 0 Å². The zero-order valence-corrected chi connectivity index (χ0v) is 14.7. The molecule has 4 aromatic rings. The summed E-state index contributed by atoms with van der Waals surface area (Å²) in [5.74, 6) is 0.